The summed E-state index contributed by atoms with van der Waals surface area (Å²) in [6.45, 7) is 2.09. The maximum atomic E-state index is 12.6. The number of amides is 2. The van der Waals surface area contributed by atoms with Crippen LogP contribution in [0.4, 0.5) is 11.4 Å². The minimum atomic E-state index is -0.274. The van der Waals surface area contributed by atoms with Gasteiger partial charge in [-0.15, -0.1) is 0 Å². The van der Waals surface area contributed by atoms with Crippen LogP contribution in [0.25, 0.3) is 0 Å². The van der Waals surface area contributed by atoms with Gasteiger partial charge in [-0.3, -0.25) is 9.59 Å². The summed E-state index contributed by atoms with van der Waals surface area (Å²) < 4.78 is 1.66. The molecule has 0 aliphatic carbocycles. The molecule has 126 valence electrons. The molecule has 1 heterocycles. The van der Waals surface area contributed by atoms with Gasteiger partial charge in [0, 0.05) is 18.1 Å². The Hall–Kier alpha value is -3.41. The van der Waals surface area contributed by atoms with Crippen LogP contribution < -0.4 is 10.6 Å². The molecule has 6 nitrogen and oxygen atoms in total. The molecular formula is C19H18N4O2. The third kappa shape index (κ3) is 4.32. The Kier molecular flexibility index (Phi) is 4.89. The minimum absolute atomic E-state index is 0.133. The van der Waals surface area contributed by atoms with E-state index in [4.69, 9.17) is 0 Å². The van der Waals surface area contributed by atoms with E-state index < -0.39 is 0 Å². The normalized spacial score (nSPS) is 10.3. The van der Waals surface area contributed by atoms with Crippen molar-refractivity contribution >= 4 is 23.2 Å². The number of para-hydroxylation sites is 1. The first kappa shape index (κ1) is 16.4. The lowest BCUT2D eigenvalue weighted by atomic mass is 10.1. The van der Waals surface area contributed by atoms with Gasteiger partial charge < -0.3 is 15.2 Å². The highest BCUT2D eigenvalue weighted by Crippen LogP contribution is 2.18. The van der Waals surface area contributed by atoms with Gasteiger partial charge in [-0.1, -0.05) is 24.3 Å². The largest absolute Gasteiger partial charge is 0.328 e. The molecule has 0 atom stereocenters. The van der Waals surface area contributed by atoms with E-state index in [9.17, 15) is 9.59 Å². The van der Waals surface area contributed by atoms with Crippen molar-refractivity contribution in [1.82, 2.24) is 9.55 Å². The van der Waals surface area contributed by atoms with Gasteiger partial charge in [-0.05, 0) is 36.8 Å². The highest BCUT2D eigenvalue weighted by molar-refractivity contribution is 6.10. The quantitative estimate of drug-likeness (QED) is 0.753. The summed E-state index contributed by atoms with van der Waals surface area (Å²) in [7, 11) is 0. The van der Waals surface area contributed by atoms with Crippen molar-refractivity contribution in [3.8, 4) is 0 Å². The first-order valence-electron chi connectivity index (χ1n) is 7.84. The Morgan fingerprint density at radius 1 is 1.08 bits per heavy atom. The molecule has 3 rings (SSSR count). The number of nitrogens with one attached hydrogen (secondary N) is 2. The molecule has 2 N–H and O–H groups in total. The van der Waals surface area contributed by atoms with Crippen LogP contribution in [0, 0.1) is 6.92 Å². The summed E-state index contributed by atoms with van der Waals surface area (Å²) in [4.78, 5) is 28.6. The second-order valence-corrected chi connectivity index (χ2v) is 5.65. The van der Waals surface area contributed by atoms with Crippen LogP contribution in [0.15, 0.2) is 67.3 Å². The number of aryl methyl sites for hydroxylation is 1. The number of imidazole rings is 1. The minimum Gasteiger partial charge on any atom is -0.328 e. The predicted molar refractivity (Wildman–Crippen MR) is 96.4 cm³/mol. The number of nitrogens with zero attached hydrogens (tertiary/aromatic N) is 2. The lowest BCUT2D eigenvalue weighted by molar-refractivity contribution is -0.116. The highest BCUT2D eigenvalue weighted by atomic mass is 16.2. The Labute approximate surface area is 145 Å². The van der Waals surface area contributed by atoms with Gasteiger partial charge in [-0.2, -0.15) is 0 Å². The predicted octanol–water partition coefficient (Wildman–Crippen LogP) is 3.08. The molecule has 0 unspecified atom stereocenters. The van der Waals surface area contributed by atoms with Crippen molar-refractivity contribution in [2.24, 2.45) is 0 Å². The molecule has 0 spiro atoms. The average Bonchev–Trinajstić information content (AvgIpc) is 3.08. The fourth-order valence-electron chi connectivity index (χ4n) is 2.45. The van der Waals surface area contributed by atoms with Gasteiger partial charge >= 0.3 is 0 Å². The van der Waals surface area contributed by atoms with Crippen LogP contribution in [0.3, 0.4) is 0 Å². The Morgan fingerprint density at radius 2 is 1.92 bits per heavy atom. The fourth-order valence-corrected chi connectivity index (χ4v) is 2.45. The molecule has 6 heteroatoms. The van der Waals surface area contributed by atoms with Crippen LogP contribution in [0.1, 0.15) is 15.9 Å². The van der Waals surface area contributed by atoms with Crippen LogP contribution >= 0.6 is 0 Å². The Balaban J connectivity index is 1.73. The Bertz CT molecular complexity index is 888. The van der Waals surface area contributed by atoms with Crippen molar-refractivity contribution in [2.75, 3.05) is 10.6 Å². The zero-order valence-corrected chi connectivity index (χ0v) is 13.8. The molecule has 0 aliphatic heterocycles. The average molecular weight is 334 g/mol. The van der Waals surface area contributed by atoms with Crippen LogP contribution in [0.5, 0.6) is 0 Å². The SMILES string of the molecule is Cc1cccc(NC(=O)c2ccccc2NC(=O)Cn2ccnc2)c1. The summed E-state index contributed by atoms with van der Waals surface area (Å²) in [5, 5.41) is 5.63. The van der Waals surface area contributed by atoms with Gasteiger partial charge in [0.05, 0.1) is 17.6 Å². The van der Waals surface area contributed by atoms with Gasteiger partial charge in [0.2, 0.25) is 5.91 Å². The van der Waals surface area contributed by atoms with E-state index in [1.807, 2.05) is 31.2 Å². The molecule has 3 aromatic rings. The molecule has 1 aromatic heterocycles. The van der Waals surface area contributed by atoms with Gasteiger partial charge in [0.25, 0.3) is 5.91 Å². The zero-order valence-electron chi connectivity index (χ0n) is 13.8. The smallest absolute Gasteiger partial charge is 0.257 e. The molecule has 0 bridgehead atoms. The molecule has 2 aromatic carbocycles. The van der Waals surface area contributed by atoms with Crippen molar-refractivity contribution < 1.29 is 9.59 Å². The number of carbonyl (C=O) groups is 2. The summed E-state index contributed by atoms with van der Waals surface area (Å²) in [6, 6.07) is 14.5. The van der Waals surface area contributed by atoms with Gasteiger partial charge in [-0.25, -0.2) is 4.98 Å². The van der Waals surface area contributed by atoms with Crippen LogP contribution in [0.2, 0.25) is 0 Å². The van der Waals surface area contributed by atoms with Crippen LogP contribution in [-0.4, -0.2) is 21.4 Å². The molecule has 0 fully saturated rings. The van der Waals surface area contributed by atoms with E-state index in [1.54, 1.807) is 47.6 Å². The Morgan fingerprint density at radius 3 is 2.68 bits per heavy atom. The zero-order chi connectivity index (χ0) is 17.6. The number of benzene rings is 2. The topological polar surface area (TPSA) is 76.0 Å². The highest BCUT2D eigenvalue weighted by Gasteiger charge is 2.13. The molecule has 25 heavy (non-hydrogen) atoms. The number of aromatic nitrogens is 2. The summed E-state index contributed by atoms with van der Waals surface area (Å²) in [5.41, 5.74) is 2.64. The van der Waals surface area contributed by atoms with Crippen molar-refractivity contribution in [3.63, 3.8) is 0 Å². The monoisotopic (exact) mass is 334 g/mol. The van der Waals surface area contributed by atoms with E-state index in [0.717, 1.165) is 5.56 Å². The summed E-state index contributed by atoms with van der Waals surface area (Å²) >= 11 is 0. The van der Waals surface area contributed by atoms with Crippen molar-refractivity contribution in [2.45, 2.75) is 13.5 Å². The van der Waals surface area contributed by atoms with E-state index in [-0.39, 0.29) is 18.4 Å². The maximum absolute atomic E-state index is 12.6. The lowest BCUT2D eigenvalue weighted by Gasteiger charge is -2.12. The van der Waals surface area contributed by atoms with Crippen molar-refractivity contribution in [3.05, 3.63) is 78.4 Å². The first-order chi connectivity index (χ1) is 12.1. The summed E-state index contributed by atoms with van der Waals surface area (Å²) in [5.74, 6) is -0.502. The number of carbonyl (C=O) groups excluding carboxylic acids is 2. The lowest BCUT2D eigenvalue weighted by Crippen LogP contribution is -2.21. The standard InChI is InChI=1S/C19H18N4O2/c1-14-5-4-6-15(11-14)21-19(25)16-7-2-3-8-17(16)22-18(24)12-23-10-9-20-13-23/h2-11,13H,12H2,1H3,(H,21,25)(H,22,24). The molecular weight excluding hydrogens is 316 g/mol. The second kappa shape index (κ2) is 7.44. The number of rotatable bonds is 5. The third-order valence-electron chi connectivity index (χ3n) is 3.61. The molecule has 2 amide bonds. The molecule has 0 saturated carbocycles. The fraction of sp³-hybridized carbons (Fsp3) is 0.105. The second-order valence-electron chi connectivity index (χ2n) is 5.65. The maximum Gasteiger partial charge on any atom is 0.257 e. The first-order valence-corrected chi connectivity index (χ1v) is 7.84. The number of anilines is 2. The summed E-state index contributed by atoms with van der Waals surface area (Å²) in [6.07, 6.45) is 4.88. The van der Waals surface area contributed by atoms with E-state index in [2.05, 4.69) is 15.6 Å². The van der Waals surface area contributed by atoms with E-state index in [1.165, 1.54) is 0 Å². The third-order valence-corrected chi connectivity index (χ3v) is 3.61. The van der Waals surface area contributed by atoms with Crippen LogP contribution in [-0.2, 0) is 11.3 Å². The van der Waals surface area contributed by atoms with Gasteiger partial charge in [0.1, 0.15) is 6.54 Å². The van der Waals surface area contributed by atoms with Gasteiger partial charge in [0.15, 0.2) is 0 Å². The van der Waals surface area contributed by atoms with E-state index >= 15 is 0 Å². The number of hydrogen-bond acceptors (Lipinski definition) is 3. The molecule has 0 radical (unpaired) electrons. The van der Waals surface area contributed by atoms with Crippen molar-refractivity contribution in [1.29, 1.82) is 0 Å². The van der Waals surface area contributed by atoms with E-state index in [0.29, 0.717) is 16.9 Å². The molecule has 0 aliphatic rings. The molecule has 0 saturated heterocycles. The number of hydrogen-bond donors (Lipinski definition) is 2.